The molecule has 13 heavy (non-hydrogen) atoms. The third kappa shape index (κ3) is 1.12. The first-order valence-corrected chi connectivity index (χ1v) is 4.00. The van der Waals surface area contributed by atoms with Crippen molar-refractivity contribution in [1.82, 2.24) is 19.7 Å². The van der Waals surface area contributed by atoms with Crippen molar-refractivity contribution in [2.75, 3.05) is 19.0 Å². The van der Waals surface area contributed by atoms with Crippen LogP contribution in [0, 0.1) is 0 Å². The van der Waals surface area contributed by atoms with E-state index in [0.717, 1.165) is 16.9 Å². The van der Waals surface area contributed by atoms with Crippen LogP contribution in [0.3, 0.4) is 0 Å². The molecule has 0 spiro atoms. The third-order valence-corrected chi connectivity index (χ3v) is 1.93. The first-order valence-electron chi connectivity index (χ1n) is 4.00. The number of fused-ring (bicyclic) bond motifs is 1. The molecule has 2 rings (SSSR count). The number of aromatic nitrogens is 4. The van der Waals surface area contributed by atoms with Gasteiger partial charge in [0.05, 0.1) is 11.6 Å². The van der Waals surface area contributed by atoms with E-state index in [1.165, 1.54) is 0 Å². The Morgan fingerprint density at radius 3 is 2.77 bits per heavy atom. The van der Waals surface area contributed by atoms with Crippen molar-refractivity contribution in [3.8, 4) is 0 Å². The molecule has 0 N–H and O–H groups in total. The van der Waals surface area contributed by atoms with Gasteiger partial charge in [-0.15, -0.1) is 0 Å². The Balaban J connectivity index is 2.77. The number of hydrogen-bond acceptors (Lipinski definition) is 4. The van der Waals surface area contributed by atoms with E-state index >= 15 is 0 Å². The van der Waals surface area contributed by atoms with Crippen LogP contribution in [0.15, 0.2) is 12.5 Å². The summed E-state index contributed by atoms with van der Waals surface area (Å²) in [6.45, 7) is 0. The fourth-order valence-electron chi connectivity index (χ4n) is 1.31. The maximum atomic E-state index is 4.18. The molecule has 0 aromatic carbocycles. The van der Waals surface area contributed by atoms with Gasteiger partial charge >= 0.3 is 0 Å². The molecule has 2 heterocycles. The molecule has 68 valence electrons. The quantitative estimate of drug-likeness (QED) is 0.633. The summed E-state index contributed by atoms with van der Waals surface area (Å²) < 4.78 is 1.74. The van der Waals surface area contributed by atoms with Crippen LogP contribution in [0.2, 0.25) is 0 Å². The van der Waals surface area contributed by atoms with Gasteiger partial charge in [-0.3, -0.25) is 4.68 Å². The van der Waals surface area contributed by atoms with Crippen LogP contribution < -0.4 is 4.90 Å². The second kappa shape index (κ2) is 2.69. The minimum absolute atomic E-state index is 0.860. The molecule has 0 amide bonds. The SMILES string of the molecule is CN(C)c1ncnc2c1cnn2C. The van der Waals surface area contributed by atoms with Crippen molar-refractivity contribution in [2.45, 2.75) is 0 Å². The van der Waals surface area contributed by atoms with Crippen molar-refractivity contribution in [3.63, 3.8) is 0 Å². The van der Waals surface area contributed by atoms with Crippen molar-refractivity contribution in [2.24, 2.45) is 7.05 Å². The van der Waals surface area contributed by atoms with E-state index in [1.54, 1.807) is 17.2 Å². The molecule has 0 unspecified atom stereocenters. The van der Waals surface area contributed by atoms with Gasteiger partial charge in [-0.2, -0.15) is 5.10 Å². The van der Waals surface area contributed by atoms with Gasteiger partial charge in [-0.25, -0.2) is 9.97 Å². The van der Waals surface area contributed by atoms with E-state index in [2.05, 4.69) is 15.1 Å². The molecule has 2 aromatic rings. The monoisotopic (exact) mass is 177 g/mol. The standard InChI is InChI=1S/C8H11N5/c1-12(2)7-6-4-11-13(3)8(6)10-5-9-7/h4-5H,1-3H3. The maximum Gasteiger partial charge on any atom is 0.163 e. The molecule has 0 aliphatic heterocycles. The van der Waals surface area contributed by atoms with E-state index in [4.69, 9.17) is 0 Å². The van der Waals surface area contributed by atoms with E-state index in [0.29, 0.717) is 0 Å². The summed E-state index contributed by atoms with van der Waals surface area (Å²) >= 11 is 0. The van der Waals surface area contributed by atoms with Crippen LogP contribution >= 0.6 is 0 Å². The second-order valence-electron chi connectivity index (χ2n) is 3.10. The van der Waals surface area contributed by atoms with Gasteiger partial charge in [-0.05, 0) is 0 Å². The molecule has 5 heteroatoms. The number of hydrogen-bond donors (Lipinski definition) is 0. The molecule has 0 saturated heterocycles. The largest absolute Gasteiger partial charge is 0.362 e. The zero-order chi connectivity index (χ0) is 9.42. The minimum atomic E-state index is 0.860. The minimum Gasteiger partial charge on any atom is -0.362 e. The summed E-state index contributed by atoms with van der Waals surface area (Å²) in [7, 11) is 5.78. The highest BCUT2D eigenvalue weighted by atomic mass is 15.3. The summed E-state index contributed by atoms with van der Waals surface area (Å²) in [5.41, 5.74) is 0.860. The van der Waals surface area contributed by atoms with E-state index in [-0.39, 0.29) is 0 Å². The lowest BCUT2D eigenvalue weighted by Crippen LogP contribution is -2.11. The zero-order valence-electron chi connectivity index (χ0n) is 7.89. The van der Waals surface area contributed by atoms with Crippen LogP contribution in [0.25, 0.3) is 11.0 Å². The Kier molecular flexibility index (Phi) is 1.65. The van der Waals surface area contributed by atoms with Crippen LogP contribution in [0.1, 0.15) is 0 Å². The third-order valence-electron chi connectivity index (χ3n) is 1.93. The number of rotatable bonds is 1. The Morgan fingerprint density at radius 2 is 2.08 bits per heavy atom. The fourth-order valence-corrected chi connectivity index (χ4v) is 1.31. The molecule has 0 saturated carbocycles. The van der Waals surface area contributed by atoms with Gasteiger partial charge in [0.15, 0.2) is 5.65 Å². The highest BCUT2D eigenvalue weighted by molar-refractivity contribution is 5.86. The molecule has 0 aliphatic rings. The summed E-state index contributed by atoms with van der Waals surface area (Å²) in [4.78, 5) is 10.3. The van der Waals surface area contributed by atoms with E-state index in [9.17, 15) is 0 Å². The van der Waals surface area contributed by atoms with Gasteiger partial charge in [-0.1, -0.05) is 0 Å². The lowest BCUT2D eigenvalue weighted by Gasteiger charge is -2.10. The van der Waals surface area contributed by atoms with Crippen molar-refractivity contribution >= 4 is 16.9 Å². The second-order valence-corrected chi connectivity index (χ2v) is 3.10. The van der Waals surface area contributed by atoms with Crippen LogP contribution in [0.5, 0.6) is 0 Å². The molecule has 0 radical (unpaired) electrons. The Hall–Kier alpha value is -1.65. The highest BCUT2D eigenvalue weighted by Crippen LogP contribution is 2.19. The number of anilines is 1. The van der Waals surface area contributed by atoms with Gasteiger partial charge in [0.1, 0.15) is 12.1 Å². The molecular weight excluding hydrogens is 166 g/mol. The van der Waals surface area contributed by atoms with E-state index in [1.807, 2.05) is 26.0 Å². The fraction of sp³-hybridized carbons (Fsp3) is 0.375. The topological polar surface area (TPSA) is 46.8 Å². The highest BCUT2D eigenvalue weighted by Gasteiger charge is 2.07. The number of aryl methyl sites for hydroxylation is 1. The summed E-state index contributed by atoms with van der Waals surface area (Å²) in [5, 5.41) is 5.11. The van der Waals surface area contributed by atoms with Crippen LogP contribution in [-0.2, 0) is 7.05 Å². The van der Waals surface area contributed by atoms with E-state index < -0.39 is 0 Å². The Morgan fingerprint density at radius 1 is 1.31 bits per heavy atom. The average Bonchev–Trinajstić information content (AvgIpc) is 2.48. The predicted molar refractivity (Wildman–Crippen MR) is 50.6 cm³/mol. The van der Waals surface area contributed by atoms with Crippen LogP contribution in [-0.4, -0.2) is 33.8 Å². The molecule has 0 aliphatic carbocycles. The van der Waals surface area contributed by atoms with Gasteiger partial charge in [0.2, 0.25) is 0 Å². The molecule has 0 bridgehead atoms. The molecule has 5 nitrogen and oxygen atoms in total. The normalized spacial score (nSPS) is 10.7. The summed E-state index contributed by atoms with van der Waals surface area (Å²) in [6.07, 6.45) is 3.34. The first-order chi connectivity index (χ1) is 6.20. The molecule has 0 atom stereocenters. The molecule has 2 aromatic heterocycles. The van der Waals surface area contributed by atoms with Gasteiger partial charge in [0, 0.05) is 21.1 Å². The maximum absolute atomic E-state index is 4.18. The number of nitrogens with zero attached hydrogens (tertiary/aromatic N) is 5. The molecule has 0 fully saturated rings. The predicted octanol–water partition coefficient (Wildman–Crippen LogP) is 0.429. The lowest BCUT2D eigenvalue weighted by atomic mass is 10.4. The van der Waals surface area contributed by atoms with Crippen molar-refractivity contribution in [1.29, 1.82) is 0 Å². The van der Waals surface area contributed by atoms with Gasteiger partial charge < -0.3 is 4.90 Å². The van der Waals surface area contributed by atoms with Crippen molar-refractivity contribution < 1.29 is 0 Å². The Labute approximate surface area is 76.0 Å². The zero-order valence-corrected chi connectivity index (χ0v) is 7.89. The molecular formula is C8H11N5. The Bertz CT molecular complexity index is 431. The van der Waals surface area contributed by atoms with Crippen molar-refractivity contribution in [3.05, 3.63) is 12.5 Å². The summed E-state index contributed by atoms with van der Waals surface area (Å²) in [5.74, 6) is 0.901. The smallest absolute Gasteiger partial charge is 0.163 e. The summed E-state index contributed by atoms with van der Waals surface area (Å²) in [6, 6.07) is 0. The lowest BCUT2D eigenvalue weighted by molar-refractivity contribution is 0.785. The van der Waals surface area contributed by atoms with Gasteiger partial charge in [0.25, 0.3) is 0 Å². The average molecular weight is 177 g/mol. The van der Waals surface area contributed by atoms with Crippen LogP contribution in [0.4, 0.5) is 5.82 Å². The first kappa shape index (κ1) is 7.97.